The van der Waals surface area contributed by atoms with Crippen molar-refractivity contribution >= 4 is 5.91 Å². The molecule has 0 fully saturated rings. The minimum atomic E-state index is 0.0984. The molecule has 0 bridgehead atoms. The Balaban J connectivity index is 3.78. The van der Waals surface area contributed by atoms with Crippen molar-refractivity contribution in [1.29, 1.82) is 0 Å². The maximum Gasteiger partial charge on any atom is 0.225 e. The number of carbonyl (C=O) groups is 1. The number of methoxy groups -OCH3 is 1. The van der Waals surface area contributed by atoms with Crippen molar-refractivity contribution in [3.05, 3.63) is 0 Å². The van der Waals surface area contributed by atoms with Crippen LogP contribution in [-0.2, 0) is 9.53 Å². The van der Waals surface area contributed by atoms with Crippen LogP contribution in [0.5, 0.6) is 0 Å². The predicted molar refractivity (Wildman–Crippen MR) is 70.8 cm³/mol. The van der Waals surface area contributed by atoms with E-state index in [0.29, 0.717) is 6.61 Å². The highest BCUT2D eigenvalue weighted by atomic mass is 16.5. The van der Waals surface area contributed by atoms with E-state index in [1.54, 1.807) is 12.0 Å². The smallest absolute Gasteiger partial charge is 0.225 e. The van der Waals surface area contributed by atoms with Gasteiger partial charge >= 0.3 is 0 Å². The Kier molecular flexibility index (Phi) is 9.09. The molecule has 0 aromatic rings. The largest absolute Gasteiger partial charge is 0.385 e. The molecule has 0 aliphatic heterocycles. The minimum Gasteiger partial charge on any atom is -0.385 e. The number of hydrogen-bond acceptors (Lipinski definition) is 3. The lowest BCUT2D eigenvalue weighted by Gasteiger charge is -2.21. The van der Waals surface area contributed by atoms with E-state index in [0.717, 1.165) is 32.2 Å². The van der Waals surface area contributed by atoms with Crippen molar-refractivity contribution in [3.8, 4) is 0 Å². The van der Waals surface area contributed by atoms with Crippen LogP contribution in [0.1, 0.15) is 39.5 Å². The lowest BCUT2D eigenvalue weighted by molar-refractivity contribution is -0.134. The third-order valence-electron chi connectivity index (χ3n) is 2.94. The fourth-order valence-corrected chi connectivity index (χ4v) is 1.80. The van der Waals surface area contributed by atoms with Gasteiger partial charge < -0.3 is 15.4 Å². The highest BCUT2D eigenvalue weighted by Gasteiger charge is 2.16. The number of amides is 1. The first-order valence-electron chi connectivity index (χ1n) is 6.48. The molecule has 0 spiro atoms. The predicted octanol–water partition coefficient (Wildman–Crippen LogP) is 1.63. The van der Waals surface area contributed by atoms with Crippen LogP contribution < -0.4 is 5.73 Å². The van der Waals surface area contributed by atoms with Crippen molar-refractivity contribution in [2.45, 2.75) is 45.6 Å². The van der Waals surface area contributed by atoms with E-state index in [2.05, 4.69) is 0 Å². The van der Waals surface area contributed by atoms with Gasteiger partial charge in [-0.05, 0) is 26.2 Å². The second kappa shape index (κ2) is 9.42. The number of ether oxygens (including phenoxy) is 1. The minimum absolute atomic E-state index is 0.0984. The van der Waals surface area contributed by atoms with Gasteiger partial charge in [-0.2, -0.15) is 0 Å². The van der Waals surface area contributed by atoms with E-state index in [1.807, 2.05) is 20.9 Å². The summed E-state index contributed by atoms with van der Waals surface area (Å²) in [5.74, 6) is 0.326. The van der Waals surface area contributed by atoms with Crippen molar-refractivity contribution in [2.75, 3.05) is 27.3 Å². The Bertz CT molecular complexity index is 208. The van der Waals surface area contributed by atoms with Crippen molar-refractivity contribution < 1.29 is 9.53 Å². The number of rotatable bonds is 9. The molecule has 0 aromatic heterocycles. The second-order valence-electron chi connectivity index (χ2n) is 4.92. The van der Waals surface area contributed by atoms with E-state index in [1.165, 1.54) is 0 Å². The molecule has 4 nitrogen and oxygen atoms in total. The van der Waals surface area contributed by atoms with Gasteiger partial charge in [0.1, 0.15) is 0 Å². The summed E-state index contributed by atoms with van der Waals surface area (Å²) in [6, 6.07) is 0.233. The number of carbonyl (C=O) groups excluding carboxylic acids is 1. The van der Waals surface area contributed by atoms with E-state index >= 15 is 0 Å². The first-order chi connectivity index (χ1) is 7.99. The average molecular weight is 244 g/mol. The van der Waals surface area contributed by atoms with Crippen LogP contribution in [0.2, 0.25) is 0 Å². The summed E-state index contributed by atoms with van der Waals surface area (Å²) in [7, 11) is 3.54. The summed E-state index contributed by atoms with van der Waals surface area (Å²) in [6.45, 7) is 5.47. The Hall–Kier alpha value is -0.610. The Morgan fingerprint density at radius 1 is 1.29 bits per heavy atom. The fraction of sp³-hybridized carbons (Fsp3) is 0.923. The maximum absolute atomic E-state index is 12.0. The summed E-state index contributed by atoms with van der Waals surface area (Å²) < 4.78 is 4.97. The highest BCUT2D eigenvalue weighted by Crippen LogP contribution is 2.11. The molecule has 0 saturated heterocycles. The zero-order chi connectivity index (χ0) is 13.3. The van der Waals surface area contributed by atoms with E-state index < -0.39 is 0 Å². The molecule has 4 heteroatoms. The monoisotopic (exact) mass is 244 g/mol. The van der Waals surface area contributed by atoms with Gasteiger partial charge in [0.2, 0.25) is 5.91 Å². The number of nitrogens with zero attached hydrogens (tertiary/aromatic N) is 1. The van der Waals surface area contributed by atoms with Crippen molar-refractivity contribution in [2.24, 2.45) is 11.7 Å². The molecule has 2 N–H and O–H groups in total. The van der Waals surface area contributed by atoms with Crippen LogP contribution in [0.25, 0.3) is 0 Å². The van der Waals surface area contributed by atoms with Crippen LogP contribution in [0, 0.1) is 5.92 Å². The van der Waals surface area contributed by atoms with Crippen LogP contribution in [-0.4, -0.2) is 44.2 Å². The molecule has 2 atom stereocenters. The Labute approximate surface area is 105 Å². The molecule has 0 heterocycles. The van der Waals surface area contributed by atoms with E-state index in [9.17, 15) is 4.79 Å². The van der Waals surface area contributed by atoms with Crippen LogP contribution in [0.3, 0.4) is 0 Å². The van der Waals surface area contributed by atoms with Crippen LogP contribution >= 0.6 is 0 Å². The molecule has 0 aliphatic rings. The number of nitrogens with two attached hydrogens (primary N) is 1. The molecular formula is C13H28N2O2. The van der Waals surface area contributed by atoms with E-state index in [-0.39, 0.29) is 17.9 Å². The molecule has 102 valence electrons. The van der Waals surface area contributed by atoms with Gasteiger partial charge in [-0.15, -0.1) is 0 Å². The topological polar surface area (TPSA) is 55.6 Å². The summed E-state index contributed by atoms with van der Waals surface area (Å²) in [5.41, 5.74) is 5.69. The van der Waals surface area contributed by atoms with E-state index in [4.69, 9.17) is 10.5 Å². The SMILES string of the molecule is COCCCN(C)C(=O)C(C)CCCC(C)N. The van der Waals surface area contributed by atoms with Crippen LogP contribution in [0.4, 0.5) is 0 Å². The standard InChI is InChI=1S/C13H28N2O2/c1-11(7-5-8-12(2)14)13(16)15(3)9-6-10-17-4/h11-12H,5-10,14H2,1-4H3. The van der Waals surface area contributed by atoms with Gasteiger partial charge in [-0.3, -0.25) is 4.79 Å². The zero-order valence-electron chi connectivity index (χ0n) is 11.7. The molecule has 0 saturated carbocycles. The molecule has 0 rings (SSSR count). The van der Waals surface area contributed by atoms with Gasteiger partial charge in [0, 0.05) is 39.3 Å². The first kappa shape index (κ1) is 16.4. The zero-order valence-corrected chi connectivity index (χ0v) is 11.7. The Morgan fingerprint density at radius 3 is 2.47 bits per heavy atom. The van der Waals surface area contributed by atoms with Gasteiger partial charge in [-0.25, -0.2) is 0 Å². The lowest BCUT2D eigenvalue weighted by atomic mass is 10.0. The molecular weight excluding hydrogens is 216 g/mol. The maximum atomic E-state index is 12.0. The van der Waals surface area contributed by atoms with Gasteiger partial charge in [0.05, 0.1) is 0 Å². The van der Waals surface area contributed by atoms with Gasteiger partial charge in [0.25, 0.3) is 0 Å². The molecule has 0 radical (unpaired) electrons. The van der Waals surface area contributed by atoms with Gasteiger partial charge in [0.15, 0.2) is 0 Å². The summed E-state index contributed by atoms with van der Waals surface area (Å²) >= 11 is 0. The molecule has 0 aromatic carbocycles. The van der Waals surface area contributed by atoms with Crippen molar-refractivity contribution in [1.82, 2.24) is 4.90 Å². The molecule has 1 amide bonds. The Morgan fingerprint density at radius 2 is 1.94 bits per heavy atom. The third kappa shape index (κ3) is 8.16. The summed E-state index contributed by atoms with van der Waals surface area (Å²) in [4.78, 5) is 13.8. The molecule has 0 aliphatic carbocycles. The summed E-state index contributed by atoms with van der Waals surface area (Å²) in [5, 5.41) is 0. The highest BCUT2D eigenvalue weighted by molar-refractivity contribution is 5.78. The number of hydrogen-bond donors (Lipinski definition) is 1. The first-order valence-corrected chi connectivity index (χ1v) is 6.48. The quantitative estimate of drug-likeness (QED) is 0.627. The fourth-order valence-electron chi connectivity index (χ4n) is 1.80. The third-order valence-corrected chi connectivity index (χ3v) is 2.94. The second-order valence-corrected chi connectivity index (χ2v) is 4.92. The van der Waals surface area contributed by atoms with Gasteiger partial charge in [-0.1, -0.05) is 13.3 Å². The van der Waals surface area contributed by atoms with Crippen molar-refractivity contribution in [3.63, 3.8) is 0 Å². The average Bonchev–Trinajstić information content (AvgIpc) is 2.27. The molecule has 2 unspecified atom stereocenters. The lowest BCUT2D eigenvalue weighted by Crippen LogP contribution is -2.33. The summed E-state index contributed by atoms with van der Waals surface area (Å²) in [6.07, 6.45) is 3.84. The normalized spacial score (nSPS) is 14.4. The molecule has 17 heavy (non-hydrogen) atoms. The van der Waals surface area contributed by atoms with Crippen LogP contribution in [0.15, 0.2) is 0 Å².